The minimum Gasteiger partial charge on any atom is -0.420 e. The Kier molecular flexibility index (Phi) is 6.89. The van der Waals surface area contributed by atoms with Crippen LogP contribution in [0.15, 0.2) is 35.7 Å². The number of alkyl halides is 3. The molecule has 2 aromatic rings. The van der Waals surface area contributed by atoms with Gasteiger partial charge in [-0.15, -0.1) is 5.10 Å². The predicted octanol–water partition coefficient (Wildman–Crippen LogP) is 4.78. The van der Waals surface area contributed by atoms with Crippen molar-refractivity contribution in [3.8, 4) is 11.9 Å². The average molecular weight is 460 g/mol. The van der Waals surface area contributed by atoms with Crippen LogP contribution in [-0.2, 0) is 11.6 Å². The Hall–Kier alpha value is -3.25. The lowest BCUT2D eigenvalue weighted by Crippen LogP contribution is -2.41. The number of benzene rings is 1. The molecule has 0 saturated carbocycles. The van der Waals surface area contributed by atoms with E-state index in [1.54, 1.807) is 19.1 Å². The molecule has 2 heterocycles. The number of aromatic amines is 1. The van der Waals surface area contributed by atoms with Gasteiger partial charge in [-0.2, -0.15) is 18.4 Å². The highest BCUT2D eigenvalue weighted by molar-refractivity contribution is 5.64. The number of halogens is 3. The van der Waals surface area contributed by atoms with Gasteiger partial charge in [0.1, 0.15) is 11.6 Å². The third kappa shape index (κ3) is 4.35. The van der Waals surface area contributed by atoms with Crippen molar-refractivity contribution in [3.05, 3.63) is 63.7 Å². The Labute approximate surface area is 191 Å². The van der Waals surface area contributed by atoms with Crippen LogP contribution in [0.3, 0.4) is 0 Å². The van der Waals surface area contributed by atoms with E-state index in [4.69, 9.17) is 10.5 Å². The maximum Gasteiger partial charge on any atom is 0.416 e. The molecule has 3 rings (SSSR count). The first-order valence-corrected chi connectivity index (χ1v) is 10.7. The van der Waals surface area contributed by atoms with Gasteiger partial charge < -0.3 is 15.8 Å². The van der Waals surface area contributed by atoms with Crippen LogP contribution in [0.4, 0.5) is 13.2 Å². The number of unbranched alkanes of at least 4 members (excludes halogenated alkanes) is 1. The highest BCUT2D eigenvalue weighted by Crippen LogP contribution is 2.53. The minimum atomic E-state index is -4.57. The normalized spacial score (nSPS) is 18.5. The van der Waals surface area contributed by atoms with Gasteiger partial charge in [0.2, 0.25) is 11.8 Å². The van der Waals surface area contributed by atoms with Crippen LogP contribution >= 0.6 is 0 Å². The molecule has 0 fully saturated rings. The smallest absolute Gasteiger partial charge is 0.416 e. The topological polar surface area (TPSA) is 99.8 Å². The highest BCUT2D eigenvalue weighted by atomic mass is 19.4. The lowest BCUT2D eigenvalue weighted by atomic mass is 9.61. The van der Waals surface area contributed by atoms with Gasteiger partial charge in [-0.05, 0) is 62.5 Å². The molecule has 0 amide bonds. The van der Waals surface area contributed by atoms with Crippen molar-refractivity contribution in [3.63, 3.8) is 0 Å². The third-order valence-corrected chi connectivity index (χ3v) is 5.98. The number of aryl methyl sites for hydroxylation is 1. The van der Waals surface area contributed by atoms with E-state index in [1.165, 1.54) is 0 Å². The van der Waals surface area contributed by atoms with E-state index in [0.29, 0.717) is 22.4 Å². The molecule has 1 aliphatic rings. The number of nitrogens with one attached hydrogen (secondary N) is 2. The first kappa shape index (κ1) is 24.4. The summed E-state index contributed by atoms with van der Waals surface area (Å²) in [6.07, 6.45) is 0.555. The monoisotopic (exact) mass is 459 g/mol. The van der Waals surface area contributed by atoms with Gasteiger partial charge in [0, 0.05) is 5.69 Å². The number of nitrogens with two attached hydrogens (primary N) is 1. The number of nitrogens with zero attached hydrogens (tertiary/aromatic N) is 2. The van der Waals surface area contributed by atoms with Gasteiger partial charge in [-0.1, -0.05) is 32.1 Å². The molecule has 176 valence electrons. The molecule has 0 saturated heterocycles. The largest absolute Gasteiger partial charge is 0.420 e. The Morgan fingerprint density at radius 3 is 2.67 bits per heavy atom. The van der Waals surface area contributed by atoms with Crippen molar-refractivity contribution in [2.75, 3.05) is 13.6 Å². The van der Waals surface area contributed by atoms with Crippen molar-refractivity contribution in [1.29, 1.82) is 5.26 Å². The summed E-state index contributed by atoms with van der Waals surface area (Å²) < 4.78 is 47.3. The standard InChI is InChI=1S/C24H28F3N5O/c1-14(2)23(19(13-28)21(29)33-22-20(23)15(3)31-32-22)17-10-16(8-6-5-7-9-30-4)11-18(12-17)24(25,26)27/h6,8,10-12,14,30H,5,7,9,29H2,1-4H3,(H,31,32). The van der Waals surface area contributed by atoms with Crippen LogP contribution in [0.1, 0.15) is 54.6 Å². The van der Waals surface area contributed by atoms with Crippen LogP contribution in [0.2, 0.25) is 0 Å². The quantitative estimate of drug-likeness (QED) is 0.518. The van der Waals surface area contributed by atoms with Crippen molar-refractivity contribution < 1.29 is 17.9 Å². The van der Waals surface area contributed by atoms with Crippen molar-refractivity contribution in [1.82, 2.24) is 15.5 Å². The number of fused-ring (bicyclic) bond motifs is 1. The van der Waals surface area contributed by atoms with Gasteiger partial charge in [0.15, 0.2) is 0 Å². The second-order valence-electron chi connectivity index (χ2n) is 8.43. The second kappa shape index (κ2) is 9.32. The summed E-state index contributed by atoms with van der Waals surface area (Å²) in [4.78, 5) is 0. The Bertz CT molecular complexity index is 1120. The highest BCUT2D eigenvalue weighted by Gasteiger charge is 2.51. The van der Waals surface area contributed by atoms with Gasteiger partial charge in [0.05, 0.1) is 16.5 Å². The number of H-pyrrole nitrogens is 1. The number of nitriles is 1. The zero-order chi connectivity index (χ0) is 24.4. The SMILES string of the molecule is CNCCCC=Cc1cc(C(F)(F)F)cc(C2(C(C)C)C(C#N)=C(N)Oc3n[nH]c(C)c32)c1. The van der Waals surface area contributed by atoms with Gasteiger partial charge in [-0.25, -0.2) is 0 Å². The fraction of sp³-hybridized carbons (Fsp3) is 0.417. The second-order valence-corrected chi connectivity index (χ2v) is 8.43. The summed E-state index contributed by atoms with van der Waals surface area (Å²) in [6, 6.07) is 6.02. The van der Waals surface area contributed by atoms with E-state index in [0.717, 1.165) is 31.5 Å². The molecule has 0 radical (unpaired) electrons. The molecule has 1 atom stereocenters. The fourth-order valence-electron chi connectivity index (χ4n) is 4.52. The van der Waals surface area contributed by atoms with E-state index in [9.17, 15) is 18.4 Å². The first-order valence-electron chi connectivity index (χ1n) is 10.7. The molecular formula is C24H28F3N5O. The number of hydrogen-bond donors (Lipinski definition) is 3. The lowest BCUT2D eigenvalue weighted by molar-refractivity contribution is -0.137. The maximum atomic E-state index is 13.9. The summed E-state index contributed by atoms with van der Waals surface area (Å²) in [5.74, 6) is -0.327. The number of ether oxygens (including phenoxy) is 1. The molecule has 0 spiro atoms. The molecule has 1 aliphatic heterocycles. The van der Waals surface area contributed by atoms with Crippen molar-refractivity contribution >= 4 is 6.08 Å². The molecule has 9 heteroatoms. The molecule has 1 unspecified atom stereocenters. The van der Waals surface area contributed by atoms with Gasteiger partial charge >= 0.3 is 6.18 Å². The third-order valence-electron chi connectivity index (χ3n) is 5.98. The predicted molar refractivity (Wildman–Crippen MR) is 120 cm³/mol. The summed E-state index contributed by atoms with van der Waals surface area (Å²) in [5, 5.41) is 20.1. The fourth-order valence-corrected chi connectivity index (χ4v) is 4.52. The van der Waals surface area contributed by atoms with Crippen LogP contribution < -0.4 is 15.8 Å². The van der Waals surface area contributed by atoms with Crippen LogP contribution in [0, 0.1) is 24.2 Å². The first-order chi connectivity index (χ1) is 15.6. The molecular weight excluding hydrogens is 431 g/mol. The molecule has 1 aromatic carbocycles. The van der Waals surface area contributed by atoms with Crippen LogP contribution in [-0.4, -0.2) is 23.8 Å². The van der Waals surface area contributed by atoms with E-state index in [1.807, 2.05) is 27.0 Å². The summed E-state index contributed by atoms with van der Waals surface area (Å²) >= 11 is 0. The Morgan fingerprint density at radius 1 is 1.33 bits per heavy atom. The van der Waals surface area contributed by atoms with Crippen molar-refractivity contribution in [2.24, 2.45) is 11.7 Å². The van der Waals surface area contributed by atoms with Crippen LogP contribution in [0.25, 0.3) is 6.08 Å². The van der Waals surface area contributed by atoms with E-state index in [2.05, 4.69) is 21.6 Å². The molecule has 1 aromatic heterocycles. The molecule has 4 N–H and O–H groups in total. The molecule has 33 heavy (non-hydrogen) atoms. The molecule has 0 aliphatic carbocycles. The van der Waals surface area contributed by atoms with Gasteiger partial charge in [0.25, 0.3) is 0 Å². The molecule has 0 bridgehead atoms. The maximum absolute atomic E-state index is 13.9. The summed E-state index contributed by atoms with van der Waals surface area (Å²) in [7, 11) is 1.85. The summed E-state index contributed by atoms with van der Waals surface area (Å²) in [6.45, 7) is 6.26. The van der Waals surface area contributed by atoms with E-state index in [-0.39, 0.29) is 23.3 Å². The van der Waals surface area contributed by atoms with E-state index >= 15 is 0 Å². The zero-order valence-electron chi connectivity index (χ0n) is 19.1. The Morgan fingerprint density at radius 2 is 2.06 bits per heavy atom. The average Bonchev–Trinajstić information content (AvgIpc) is 3.11. The number of aromatic nitrogens is 2. The summed E-state index contributed by atoms with van der Waals surface area (Å²) in [5.41, 5.74) is 5.93. The minimum absolute atomic E-state index is 0.0674. The zero-order valence-corrected chi connectivity index (χ0v) is 19.1. The van der Waals surface area contributed by atoms with Crippen LogP contribution in [0.5, 0.6) is 5.88 Å². The van der Waals surface area contributed by atoms with E-state index < -0.39 is 17.2 Å². The Balaban J connectivity index is 2.30. The lowest BCUT2D eigenvalue weighted by Gasteiger charge is -2.41. The number of allylic oxidation sites excluding steroid dienone is 2. The molecule has 6 nitrogen and oxygen atoms in total. The number of rotatable bonds is 7. The van der Waals surface area contributed by atoms with Gasteiger partial charge in [-0.3, -0.25) is 5.10 Å². The van der Waals surface area contributed by atoms with Crippen molar-refractivity contribution in [2.45, 2.75) is 45.2 Å². The number of hydrogen-bond acceptors (Lipinski definition) is 5.